The number of allylic oxidation sites excluding steroid dienone is 2. The van der Waals surface area contributed by atoms with Crippen LogP contribution >= 0.6 is 0 Å². The summed E-state index contributed by atoms with van der Waals surface area (Å²) in [5.41, 5.74) is -1.34. The Morgan fingerprint density at radius 3 is 2.79 bits per heavy atom. The largest absolute Gasteiger partial charge is 0.463 e. The zero-order chi connectivity index (χ0) is 17.7. The van der Waals surface area contributed by atoms with Crippen molar-refractivity contribution in [1.82, 2.24) is 9.55 Å². The number of aliphatic hydroxyl groups is 2. The van der Waals surface area contributed by atoms with Crippen molar-refractivity contribution in [2.45, 2.75) is 31.5 Å². The smallest absolute Gasteiger partial charge is 0.330 e. The van der Waals surface area contributed by atoms with Crippen LogP contribution in [-0.4, -0.2) is 50.7 Å². The number of nitrogens with one attached hydrogen (secondary N) is 1. The van der Waals surface area contributed by atoms with Crippen molar-refractivity contribution in [1.29, 1.82) is 0 Å². The highest BCUT2D eigenvalue weighted by Crippen LogP contribution is 2.28. The predicted octanol–water partition coefficient (Wildman–Crippen LogP) is -1.17. The lowest BCUT2D eigenvalue weighted by Gasteiger charge is -2.16. The van der Waals surface area contributed by atoms with Crippen molar-refractivity contribution < 1.29 is 24.5 Å². The van der Waals surface area contributed by atoms with Crippen molar-refractivity contribution in [2.24, 2.45) is 0 Å². The van der Waals surface area contributed by atoms with Crippen LogP contribution in [0.2, 0.25) is 0 Å². The summed E-state index contributed by atoms with van der Waals surface area (Å²) in [5, 5.41) is 20.0. The zero-order valence-corrected chi connectivity index (χ0v) is 12.9. The molecule has 2 heterocycles. The summed E-state index contributed by atoms with van der Waals surface area (Å²) in [5.74, 6) is -0.507. The minimum absolute atomic E-state index is 0.263. The van der Waals surface area contributed by atoms with Crippen LogP contribution in [0.5, 0.6) is 0 Å². The first kappa shape index (κ1) is 17.9. The highest BCUT2D eigenvalue weighted by atomic mass is 16.6. The van der Waals surface area contributed by atoms with Gasteiger partial charge in [-0.2, -0.15) is 0 Å². The number of esters is 1. The predicted molar refractivity (Wildman–Crippen MR) is 82.2 cm³/mol. The maximum Gasteiger partial charge on any atom is 0.330 e. The van der Waals surface area contributed by atoms with Gasteiger partial charge in [0.2, 0.25) is 0 Å². The molecule has 0 amide bonds. The fourth-order valence-corrected chi connectivity index (χ4v) is 2.20. The van der Waals surface area contributed by atoms with Crippen LogP contribution in [0.4, 0.5) is 0 Å². The lowest BCUT2D eigenvalue weighted by molar-refractivity contribution is -0.137. The summed E-state index contributed by atoms with van der Waals surface area (Å²) < 4.78 is 11.1. The van der Waals surface area contributed by atoms with Crippen LogP contribution in [0.1, 0.15) is 13.2 Å². The SMILES string of the molecule is CCOC(=O)/C=C\C=C\[C@H]1O[C@@H](n2ccc(=O)[nH]c2=O)[C@H](O)[C@@H]1O. The summed E-state index contributed by atoms with van der Waals surface area (Å²) in [6.07, 6.45) is 1.98. The van der Waals surface area contributed by atoms with Gasteiger partial charge in [0, 0.05) is 18.3 Å². The lowest BCUT2D eigenvalue weighted by atomic mass is 10.1. The Hall–Kier alpha value is -2.49. The number of hydrogen-bond donors (Lipinski definition) is 3. The number of ether oxygens (including phenoxy) is 2. The van der Waals surface area contributed by atoms with Crippen molar-refractivity contribution in [2.75, 3.05) is 6.61 Å². The van der Waals surface area contributed by atoms with E-state index in [1.54, 1.807) is 6.92 Å². The van der Waals surface area contributed by atoms with Crippen LogP contribution < -0.4 is 11.2 Å². The molecule has 1 aliphatic rings. The second-order valence-corrected chi connectivity index (χ2v) is 4.99. The van der Waals surface area contributed by atoms with Crippen molar-refractivity contribution in [3.8, 4) is 0 Å². The van der Waals surface area contributed by atoms with E-state index < -0.39 is 41.8 Å². The van der Waals surface area contributed by atoms with Crippen LogP contribution in [0.3, 0.4) is 0 Å². The van der Waals surface area contributed by atoms with Crippen molar-refractivity contribution >= 4 is 5.97 Å². The number of carbonyl (C=O) groups excluding carboxylic acids is 1. The molecule has 0 aromatic carbocycles. The second kappa shape index (κ2) is 7.86. The van der Waals surface area contributed by atoms with Crippen molar-refractivity contribution in [3.63, 3.8) is 0 Å². The van der Waals surface area contributed by atoms with Crippen LogP contribution in [0, 0.1) is 0 Å². The maximum absolute atomic E-state index is 11.7. The molecule has 1 aromatic rings. The quantitative estimate of drug-likeness (QED) is 0.350. The molecule has 1 aliphatic heterocycles. The average molecular weight is 338 g/mol. The van der Waals surface area contributed by atoms with E-state index in [4.69, 9.17) is 9.47 Å². The Labute approximate surface area is 136 Å². The molecule has 4 atom stereocenters. The molecule has 2 rings (SSSR count). The fourth-order valence-electron chi connectivity index (χ4n) is 2.20. The van der Waals surface area contributed by atoms with Gasteiger partial charge in [0.05, 0.1) is 6.61 Å². The van der Waals surface area contributed by atoms with E-state index in [2.05, 4.69) is 0 Å². The van der Waals surface area contributed by atoms with Gasteiger partial charge in [-0.1, -0.05) is 18.2 Å². The molecule has 0 spiro atoms. The van der Waals surface area contributed by atoms with E-state index in [0.29, 0.717) is 0 Å². The van der Waals surface area contributed by atoms with Crippen LogP contribution in [-0.2, 0) is 14.3 Å². The van der Waals surface area contributed by atoms with Gasteiger partial charge in [-0.05, 0) is 6.92 Å². The fraction of sp³-hybridized carbons (Fsp3) is 0.400. The highest BCUT2D eigenvalue weighted by Gasteiger charge is 2.42. The minimum Gasteiger partial charge on any atom is -0.463 e. The Morgan fingerprint density at radius 2 is 2.12 bits per heavy atom. The van der Waals surface area contributed by atoms with E-state index in [9.17, 15) is 24.6 Å². The second-order valence-electron chi connectivity index (χ2n) is 4.99. The Kier molecular flexibility index (Phi) is 5.85. The maximum atomic E-state index is 11.7. The first-order valence-electron chi connectivity index (χ1n) is 7.28. The molecule has 0 aliphatic carbocycles. The van der Waals surface area contributed by atoms with Crippen LogP contribution in [0.15, 0.2) is 46.2 Å². The number of H-pyrrole nitrogens is 1. The number of aromatic nitrogens is 2. The first-order valence-corrected chi connectivity index (χ1v) is 7.28. The number of hydrogen-bond acceptors (Lipinski definition) is 7. The topological polar surface area (TPSA) is 131 Å². The average Bonchev–Trinajstić information content (AvgIpc) is 2.80. The van der Waals surface area contributed by atoms with E-state index in [1.807, 2.05) is 4.98 Å². The summed E-state index contributed by atoms with van der Waals surface area (Å²) >= 11 is 0. The molecular formula is C15H18N2O7. The molecule has 1 fully saturated rings. The molecule has 1 saturated heterocycles. The number of aromatic amines is 1. The van der Waals surface area contributed by atoms with Gasteiger partial charge in [-0.3, -0.25) is 14.3 Å². The Bertz CT molecular complexity index is 749. The van der Waals surface area contributed by atoms with Gasteiger partial charge in [0.25, 0.3) is 5.56 Å². The van der Waals surface area contributed by atoms with E-state index in [0.717, 1.165) is 10.6 Å². The van der Waals surface area contributed by atoms with Gasteiger partial charge in [-0.15, -0.1) is 0 Å². The van der Waals surface area contributed by atoms with Crippen molar-refractivity contribution in [3.05, 3.63) is 57.4 Å². The third-order valence-electron chi connectivity index (χ3n) is 3.33. The Morgan fingerprint density at radius 1 is 1.38 bits per heavy atom. The number of rotatable bonds is 5. The number of aliphatic hydroxyl groups excluding tert-OH is 2. The Balaban J connectivity index is 2.08. The molecule has 0 radical (unpaired) electrons. The van der Waals surface area contributed by atoms with Gasteiger partial charge in [0.1, 0.15) is 18.3 Å². The summed E-state index contributed by atoms with van der Waals surface area (Å²) in [4.78, 5) is 36.0. The minimum atomic E-state index is -1.36. The number of carbonyl (C=O) groups is 1. The highest BCUT2D eigenvalue weighted by molar-refractivity contribution is 5.82. The molecule has 24 heavy (non-hydrogen) atoms. The molecule has 3 N–H and O–H groups in total. The molecule has 0 saturated carbocycles. The third-order valence-corrected chi connectivity index (χ3v) is 3.33. The monoisotopic (exact) mass is 338 g/mol. The van der Waals surface area contributed by atoms with E-state index in [1.165, 1.54) is 30.5 Å². The molecule has 130 valence electrons. The van der Waals surface area contributed by atoms with Gasteiger partial charge < -0.3 is 19.7 Å². The van der Waals surface area contributed by atoms with Gasteiger partial charge in [0.15, 0.2) is 6.23 Å². The number of nitrogens with zero attached hydrogens (tertiary/aromatic N) is 1. The zero-order valence-electron chi connectivity index (χ0n) is 12.9. The molecular weight excluding hydrogens is 320 g/mol. The van der Waals surface area contributed by atoms with E-state index >= 15 is 0 Å². The lowest BCUT2D eigenvalue weighted by Crippen LogP contribution is -2.37. The molecule has 9 nitrogen and oxygen atoms in total. The standard InChI is InChI=1S/C15H18N2O7/c1-2-23-11(19)6-4-3-5-9-12(20)13(21)14(24-9)17-8-7-10(18)16-15(17)22/h3-9,12-14,20-21H,2H2,1H3,(H,16,18,22)/b5-3+,6-4-/t9-,12-,13-,14-/m1/s1. The third kappa shape index (κ3) is 4.07. The normalized spacial score (nSPS) is 27.1. The molecule has 9 heteroatoms. The molecule has 1 aromatic heterocycles. The van der Waals surface area contributed by atoms with Gasteiger partial charge >= 0.3 is 11.7 Å². The summed E-state index contributed by atoms with van der Waals surface area (Å²) in [6.45, 7) is 1.95. The first-order chi connectivity index (χ1) is 11.4. The molecule has 0 bridgehead atoms. The molecule has 0 unspecified atom stereocenters. The van der Waals surface area contributed by atoms with Gasteiger partial charge in [-0.25, -0.2) is 9.59 Å². The van der Waals surface area contributed by atoms with Crippen LogP contribution in [0.25, 0.3) is 0 Å². The summed E-state index contributed by atoms with van der Waals surface area (Å²) in [6, 6.07) is 1.11. The summed E-state index contributed by atoms with van der Waals surface area (Å²) in [7, 11) is 0. The van der Waals surface area contributed by atoms with E-state index in [-0.39, 0.29) is 6.61 Å².